The number of fused-ring (bicyclic) bond motifs is 1. The molecule has 0 radical (unpaired) electrons. The first kappa shape index (κ1) is 12.6. The number of nitrogens with one attached hydrogen (secondary N) is 1. The normalized spacial score (nSPS) is 18.5. The van der Waals surface area contributed by atoms with Gasteiger partial charge in [-0.3, -0.25) is 4.79 Å². The Kier molecular flexibility index (Phi) is 3.00. The molecule has 4 nitrogen and oxygen atoms in total. The molecule has 5 heteroatoms. The van der Waals surface area contributed by atoms with Crippen molar-refractivity contribution in [2.75, 3.05) is 6.54 Å². The Hall–Kier alpha value is -2.14. The van der Waals surface area contributed by atoms with Gasteiger partial charge in [-0.15, -0.1) is 0 Å². The van der Waals surface area contributed by atoms with E-state index in [0.717, 1.165) is 36.0 Å². The van der Waals surface area contributed by atoms with Crippen LogP contribution in [0.25, 0.3) is 11.0 Å². The maximum absolute atomic E-state index is 12.8. The average Bonchev–Trinajstić information content (AvgIpc) is 3.24. The first-order valence-corrected chi connectivity index (χ1v) is 8.03. The minimum atomic E-state index is 0.111. The van der Waals surface area contributed by atoms with Crippen molar-refractivity contribution in [1.29, 1.82) is 0 Å². The number of hydrogen-bond acceptors (Lipinski definition) is 3. The van der Waals surface area contributed by atoms with Crippen molar-refractivity contribution in [2.45, 2.75) is 18.9 Å². The number of amides is 1. The first-order chi connectivity index (χ1) is 10.3. The van der Waals surface area contributed by atoms with Crippen LogP contribution in [0, 0.1) is 0 Å². The molecule has 0 saturated carbocycles. The van der Waals surface area contributed by atoms with Gasteiger partial charge in [0.2, 0.25) is 0 Å². The summed E-state index contributed by atoms with van der Waals surface area (Å²) in [5, 5.41) is 4.22. The highest BCUT2D eigenvalue weighted by Gasteiger charge is 2.30. The highest BCUT2D eigenvalue weighted by atomic mass is 32.1. The number of likely N-dealkylation sites (tertiary alicyclic amines) is 1. The van der Waals surface area contributed by atoms with Gasteiger partial charge in [-0.1, -0.05) is 0 Å². The Labute approximate surface area is 126 Å². The molecule has 1 atom stereocenters. The summed E-state index contributed by atoms with van der Waals surface area (Å²) in [5.41, 5.74) is 3.79. The van der Waals surface area contributed by atoms with Crippen LogP contribution in [-0.2, 0) is 0 Å². The average molecular weight is 297 g/mol. The Morgan fingerprint density at radius 1 is 1.38 bits per heavy atom. The lowest BCUT2D eigenvalue weighted by molar-refractivity contribution is 0.0736. The molecule has 1 saturated heterocycles. The van der Waals surface area contributed by atoms with Gasteiger partial charge < -0.3 is 9.88 Å². The third-order valence-corrected chi connectivity index (χ3v) is 4.81. The Morgan fingerprint density at radius 2 is 2.33 bits per heavy atom. The standard InChI is InChI=1S/C16H15N3OS/c20-16(11-3-4-13-14(8-11)18-10-17-13)19-6-1-2-15(19)12-5-7-21-9-12/h3-5,7-10,15H,1-2,6H2,(H,17,18)/t15-/m0/s1. The van der Waals surface area contributed by atoms with Crippen molar-refractivity contribution >= 4 is 28.3 Å². The fraction of sp³-hybridized carbons (Fsp3) is 0.250. The van der Waals surface area contributed by atoms with E-state index in [1.807, 2.05) is 23.1 Å². The predicted octanol–water partition coefficient (Wildman–Crippen LogP) is 3.60. The molecule has 1 aromatic carbocycles. The van der Waals surface area contributed by atoms with Gasteiger partial charge in [-0.25, -0.2) is 4.98 Å². The molecule has 0 unspecified atom stereocenters. The second-order valence-electron chi connectivity index (χ2n) is 5.35. The van der Waals surface area contributed by atoms with E-state index in [1.54, 1.807) is 17.7 Å². The molecule has 1 fully saturated rings. The molecule has 4 rings (SSSR count). The van der Waals surface area contributed by atoms with Crippen molar-refractivity contribution in [2.24, 2.45) is 0 Å². The van der Waals surface area contributed by atoms with Crippen LogP contribution in [0.2, 0.25) is 0 Å². The van der Waals surface area contributed by atoms with Crippen molar-refractivity contribution < 1.29 is 4.79 Å². The quantitative estimate of drug-likeness (QED) is 0.785. The zero-order valence-corrected chi connectivity index (χ0v) is 12.3. The molecule has 3 aromatic rings. The van der Waals surface area contributed by atoms with Crippen molar-refractivity contribution in [1.82, 2.24) is 14.9 Å². The van der Waals surface area contributed by atoms with Gasteiger partial charge in [0.1, 0.15) is 0 Å². The van der Waals surface area contributed by atoms with Gasteiger partial charge in [0, 0.05) is 12.1 Å². The van der Waals surface area contributed by atoms with E-state index in [2.05, 4.69) is 26.8 Å². The molecule has 106 valence electrons. The molecule has 0 spiro atoms. The summed E-state index contributed by atoms with van der Waals surface area (Å²) in [6.07, 6.45) is 3.77. The van der Waals surface area contributed by atoms with Crippen LogP contribution in [0.1, 0.15) is 34.8 Å². The second kappa shape index (κ2) is 5.00. The minimum absolute atomic E-state index is 0.111. The molecule has 2 aromatic heterocycles. The van der Waals surface area contributed by atoms with Gasteiger partial charge in [-0.05, 0) is 53.4 Å². The zero-order valence-electron chi connectivity index (χ0n) is 11.5. The van der Waals surface area contributed by atoms with Gasteiger partial charge >= 0.3 is 0 Å². The third kappa shape index (κ3) is 2.14. The number of carbonyl (C=O) groups is 1. The van der Waals surface area contributed by atoms with Gasteiger partial charge in [0.25, 0.3) is 5.91 Å². The molecule has 3 heterocycles. The minimum Gasteiger partial charge on any atom is -0.345 e. The fourth-order valence-electron chi connectivity index (χ4n) is 3.06. The van der Waals surface area contributed by atoms with Crippen LogP contribution < -0.4 is 0 Å². The van der Waals surface area contributed by atoms with E-state index >= 15 is 0 Å². The number of imidazole rings is 1. The van der Waals surface area contributed by atoms with Crippen molar-refractivity contribution in [3.05, 3.63) is 52.5 Å². The summed E-state index contributed by atoms with van der Waals surface area (Å²) in [5.74, 6) is 0.111. The van der Waals surface area contributed by atoms with Crippen LogP contribution in [0.3, 0.4) is 0 Å². The van der Waals surface area contributed by atoms with E-state index in [9.17, 15) is 4.79 Å². The summed E-state index contributed by atoms with van der Waals surface area (Å²) in [4.78, 5) is 22.1. The molecule has 21 heavy (non-hydrogen) atoms. The van der Waals surface area contributed by atoms with Crippen LogP contribution in [0.4, 0.5) is 0 Å². The summed E-state index contributed by atoms with van der Waals surface area (Å²) < 4.78 is 0. The SMILES string of the molecule is O=C(c1ccc2nc[nH]c2c1)N1CCC[C@H]1c1ccsc1. The van der Waals surface area contributed by atoms with Crippen LogP contribution in [0.15, 0.2) is 41.4 Å². The number of aromatic amines is 1. The van der Waals surface area contributed by atoms with E-state index < -0.39 is 0 Å². The molecular weight excluding hydrogens is 282 g/mol. The van der Waals surface area contributed by atoms with Gasteiger partial charge in [-0.2, -0.15) is 11.3 Å². The van der Waals surface area contributed by atoms with E-state index in [1.165, 1.54) is 5.56 Å². The summed E-state index contributed by atoms with van der Waals surface area (Å²) >= 11 is 1.69. The monoisotopic (exact) mass is 297 g/mol. The summed E-state index contributed by atoms with van der Waals surface area (Å²) in [7, 11) is 0. The number of thiophene rings is 1. The number of rotatable bonds is 2. The Bertz CT molecular complexity index is 778. The summed E-state index contributed by atoms with van der Waals surface area (Å²) in [6, 6.07) is 8.01. The highest BCUT2D eigenvalue weighted by molar-refractivity contribution is 7.08. The molecule has 0 bridgehead atoms. The van der Waals surface area contributed by atoms with E-state index in [-0.39, 0.29) is 11.9 Å². The maximum Gasteiger partial charge on any atom is 0.254 e. The maximum atomic E-state index is 12.8. The lowest BCUT2D eigenvalue weighted by Crippen LogP contribution is -2.30. The highest BCUT2D eigenvalue weighted by Crippen LogP contribution is 2.34. The van der Waals surface area contributed by atoms with Gasteiger partial charge in [0.15, 0.2) is 0 Å². The van der Waals surface area contributed by atoms with Crippen LogP contribution in [-0.4, -0.2) is 27.3 Å². The third-order valence-electron chi connectivity index (χ3n) is 4.11. The van der Waals surface area contributed by atoms with Crippen molar-refractivity contribution in [3.63, 3.8) is 0 Å². The lowest BCUT2D eigenvalue weighted by Gasteiger charge is -2.24. The van der Waals surface area contributed by atoms with Crippen LogP contribution in [0.5, 0.6) is 0 Å². The topological polar surface area (TPSA) is 49.0 Å². The molecule has 1 amide bonds. The Morgan fingerprint density at radius 3 is 3.19 bits per heavy atom. The number of benzene rings is 1. The fourth-order valence-corrected chi connectivity index (χ4v) is 3.76. The summed E-state index contributed by atoms with van der Waals surface area (Å²) in [6.45, 7) is 0.834. The smallest absolute Gasteiger partial charge is 0.254 e. The number of aromatic nitrogens is 2. The number of hydrogen-bond donors (Lipinski definition) is 1. The van der Waals surface area contributed by atoms with E-state index in [4.69, 9.17) is 0 Å². The lowest BCUT2D eigenvalue weighted by atomic mass is 10.1. The number of H-pyrrole nitrogens is 1. The molecule has 1 aliphatic rings. The van der Waals surface area contributed by atoms with E-state index in [0.29, 0.717) is 0 Å². The zero-order chi connectivity index (χ0) is 14.2. The number of carbonyl (C=O) groups excluding carboxylic acids is 1. The second-order valence-corrected chi connectivity index (χ2v) is 6.13. The molecule has 1 aliphatic heterocycles. The molecule has 1 N–H and O–H groups in total. The predicted molar refractivity (Wildman–Crippen MR) is 83.4 cm³/mol. The van der Waals surface area contributed by atoms with Crippen LogP contribution >= 0.6 is 11.3 Å². The number of nitrogens with zero attached hydrogens (tertiary/aromatic N) is 2. The van der Waals surface area contributed by atoms with Crippen molar-refractivity contribution in [3.8, 4) is 0 Å². The molecule has 0 aliphatic carbocycles. The Balaban J connectivity index is 1.66. The molecular formula is C16H15N3OS. The van der Waals surface area contributed by atoms with Gasteiger partial charge in [0.05, 0.1) is 23.4 Å². The first-order valence-electron chi connectivity index (χ1n) is 7.09. The largest absolute Gasteiger partial charge is 0.345 e.